The summed E-state index contributed by atoms with van der Waals surface area (Å²) in [5.41, 5.74) is 6.99. The average Bonchev–Trinajstić information content (AvgIpc) is 3.22. The minimum Gasteiger partial charge on any atom is -0.455 e. The van der Waals surface area contributed by atoms with Gasteiger partial charge in [0, 0.05) is 28.5 Å². The lowest BCUT2D eigenvalue weighted by atomic mass is 9.98. The highest BCUT2D eigenvalue weighted by Crippen LogP contribution is 2.39. The smallest absolute Gasteiger partial charge is 0.212 e. The van der Waals surface area contributed by atoms with Gasteiger partial charge in [0.2, 0.25) is 5.69 Å². The summed E-state index contributed by atoms with van der Waals surface area (Å²) in [5, 5.41) is 1.90. The zero-order valence-corrected chi connectivity index (χ0v) is 18.1. The molecule has 0 radical (unpaired) electrons. The highest BCUT2D eigenvalue weighted by Gasteiger charge is 2.18. The van der Waals surface area contributed by atoms with Gasteiger partial charge >= 0.3 is 0 Å². The maximum Gasteiger partial charge on any atom is 0.212 e. The van der Waals surface area contributed by atoms with Crippen molar-refractivity contribution in [3.63, 3.8) is 0 Å². The van der Waals surface area contributed by atoms with Crippen molar-refractivity contribution in [2.24, 2.45) is 7.05 Å². The number of pyridine rings is 1. The first-order valence-corrected chi connectivity index (χ1v) is 10.9. The number of nitrogens with zero attached hydrogens (tertiary/aromatic N) is 1. The molecule has 0 saturated carbocycles. The Bertz CT molecular complexity index is 1620. The minimum atomic E-state index is -0.288. The third-order valence-electron chi connectivity index (χ3n) is 6.22. The molecule has 2 nitrogen and oxygen atoms in total. The number of halogens is 1. The zero-order valence-electron chi connectivity index (χ0n) is 18.1. The van der Waals surface area contributed by atoms with E-state index in [9.17, 15) is 0 Å². The summed E-state index contributed by atoms with van der Waals surface area (Å²) >= 11 is 0. The molecule has 0 amide bonds. The molecule has 0 aliphatic carbocycles. The van der Waals surface area contributed by atoms with E-state index in [1.807, 2.05) is 73.9 Å². The predicted molar refractivity (Wildman–Crippen MR) is 131 cm³/mol. The molecule has 158 valence electrons. The maximum absolute atomic E-state index is 15.1. The Labute approximate surface area is 191 Å². The second-order valence-electron chi connectivity index (χ2n) is 8.25. The zero-order chi connectivity index (χ0) is 22.4. The molecule has 0 saturated heterocycles. The molecular weight excluding hydrogens is 409 g/mol. The molecular formula is C30H21FNO+. The van der Waals surface area contributed by atoms with Crippen LogP contribution in [0.3, 0.4) is 0 Å². The molecule has 6 aromatic rings. The monoisotopic (exact) mass is 430 g/mol. The summed E-state index contributed by atoms with van der Waals surface area (Å²) in [6.07, 6.45) is 2.02. The van der Waals surface area contributed by atoms with Crippen LogP contribution in [0.5, 0.6) is 0 Å². The van der Waals surface area contributed by atoms with Crippen LogP contribution in [0, 0.1) is 5.82 Å². The average molecular weight is 431 g/mol. The van der Waals surface area contributed by atoms with Crippen molar-refractivity contribution < 1.29 is 13.4 Å². The lowest BCUT2D eigenvalue weighted by molar-refractivity contribution is -0.660. The molecule has 2 heterocycles. The van der Waals surface area contributed by atoms with Crippen LogP contribution < -0.4 is 4.57 Å². The van der Waals surface area contributed by atoms with E-state index in [0.29, 0.717) is 11.1 Å². The molecule has 6 rings (SSSR count). The van der Waals surface area contributed by atoms with Crippen LogP contribution in [0.1, 0.15) is 0 Å². The Morgan fingerprint density at radius 1 is 0.636 bits per heavy atom. The van der Waals surface area contributed by atoms with Crippen molar-refractivity contribution in [2.45, 2.75) is 0 Å². The van der Waals surface area contributed by atoms with Crippen LogP contribution >= 0.6 is 0 Å². The van der Waals surface area contributed by atoms with E-state index in [0.717, 1.165) is 44.3 Å². The Balaban J connectivity index is 1.50. The lowest BCUT2D eigenvalue weighted by Gasteiger charge is -2.07. The third kappa shape index (κ3) is 3.30. The maximum atomic E-state index is 15.1. The van der Waals surface area contributed by atoms with Gasteiger partial charge in [0.15, 0.2) is 6.20 Å². The quantitative estimate of drug-likeness (QED) is 0.265. The number of aromatic nitrogens is 1. The molecule has 0 aliphatic heterocycles. The second kappa shape index (κ2) is 7.72. The molecule has 2 aromatic heterocycles. The van der Waals surface area contributed by atoms with Crippen LogP contribution in [0.4, 0.5) is 4.39 Å². The van der Waals surface area contributed by atoms with E-state index < -0.39 is 0 Å². The topological polar surface area (TPSA) is 17.0 Å². The number of hydrogen-bond donors (Lipinski definition) is 0. The Kier molecular flexibility index (Phi) is 4.55. The summed E-state index contributed by atoms with van der Waals surface area (Å²) in [5.74, 6) is -0.288. The SMILES string of the molecule is C[n+]1ccccc1-c1ccc2c(c1)oc1c(-c3ccc(-c4ccccc4)cc3)c(F)ccc12. The van der Waals surface area contributed by atoms with Gasteiger partial charge < -0.3 is 4.42 Å². The van der Waals surface area contributed by atoms with Crippen molar-refractivity contribution in [3.05, 3.63) is 115 Å². The molecule has 33 heavy (non-hydrogen) atoms. The first-order valence-electron chi connectivity index (χ1n) is 10.9. The van der Waals surface area contributed by atoms with Crippen molar-refractivity contribution in [1.82, 2.24) is 0 Å². The van der Waals surface area contributed by atoms with Crippen molar-refractivity contribution in [2.75, 3.05) is 0 Å². The standard InChI is InChI=1S/C30H21FNO/c1-32-18-6-5-9-27(32)23-14-15-24-25-16-17-26(31)29(30(25)33-28(24)19-23)22-12-10-21(11-13-22)20-7-3-2-4-8-20/h2-19H,1H3/q+1. The Hall–Kier alpha value is -4.24. The summed E-state index contributed by atoms with van der Waals surface area (Å²) in [7, 11) is 2.02. The largest absolute Gasteiger partial charge is 0.455 e. The van der Waals surface area contributed by atoms with Crippen LogP contribution in [-0.4, -0.2) is 0 Å². The summed E-state index contributed by atoms with van der Waals surface area (Å²) in [6, 6.07) is 33.8. The van der Waals surface area contributed by atoms with Gasteiger partial charge in [-0.25, -0.2) is 8.96 Å². The van der Waals surface area contributed by atoms with Crippen molar-refractivity contribution in [1.29, 1.82) is 0 Å². The van der Waals surface area contributed by atoms with E-state index in [2.05, 4.69) is 34.9 Å². The predicted octanol–water partition coefficient (Wildman–Crippen LogP) is 7.55. The lowest BCUT2D eigenvalue weighted by Crippen LogP contribution is -2.29. The number of aryl methyl sites for hydroxylation is 1. The molecule has 0 unspecified atom stereocenters. The van der Waals surface area contributed by atoms with Crippen LogP contribution in [-0.2, 0) is 7.05 Å². The number of fused-ring (bicyclic) bond motifs is 3. The molecule has 0 N–H and O–H groups in total. The normalized spacial score (nSPS) is 11.3. The summed E-state index contributed by atoms with van der Waals surface area (Å²) in [4.78, 5) is 0. The van der Waals surface area contributed by atoms with E-state index in [4.69, 9.17) is 4.42 Å². The number of hydrogen-bond acceptors (Lipinski definition) is 1. The van der Waals surface area contributed by atoms with Gasteiger partial charge in [-0.15, -0.1) is 0 Å². The van der Waals surface area contributed by atoms with Crippen LogP contribution in [0.15, 0.2) is 114 Å². The van der Waals surface area contributed by atoms with Gasteiger partial charge in [-0.3, -0.25) is 0 Å². The van der Waals surface area contributed by atoms with Gasteiger partial charge in [0.25, 0.3) is 0 Å². The molecule has 0 aliphatic rings. The Morgan fingerprint density at radius 2 is 1.30 bits per heavy atom. The van der Waals surface area contributed by atoms with E-state index in [1.54, 1.807) is 6.07 Å². The molecule has 0 atom stereocenters. The molecule has 0 bridgehead atoms. The second-order valence-corrected chi connectivity index (χ2v) is 8.25. The first-order chi connectivity index (χ1) is 16.2. The fourth-order valence-electron chi connectivity index (χ4n) is 4.53. The fraction of sp³-hybridized carbons (Fsp3) is 0.0333. The van der Waals surface area contributed by atoms with E-state index >= 15 is 4.39 Å². The van der Waals surface area contributed by atoms with Crippen LogP contribution in [0.25, 0.3) is 55.4 Å². The molecule has 3 heteroatoms. The van der Waals surface area contributed by atoms with Gasteiger partial charge in [0.05, 0.1) is 5.56 Å². The third-order valence-corrected chi connectivity index (χ3v) is 6.22. The highest BCUT2D eigenvalue weighted by molar-refractivity contribution is 6.10. The fourth-order valence-corrected chi connectivity index (χ4v) is 4.53. The minimum absolute atomic E-state index is 0.288. The number of benzene rings is 4. The van der Waals surface area contributed by atoms with Crippen molar-refractivity contribution in [3.8, 4) is 33.5 Å². The van der Waals surface area contributed by atoms with Gasteiger partial charge in [-0.2, -0.15) is 0 Å². The van der Waals surface area contributed by atoms with Crippen LogP contribution in [0.2, 0.25) is 0 Å². The molecule has 4 aromatic carbocycles. The Morgan fingerprint density at radius 3 is 2.09 bits per heavy atom. The van der Waals surface area contributed by atoms with Gasteiger partial charge in [0.1, 0.15) is 24.0 Å². The first kappa shape index (κ1) is 19.4. The number of furan rings is 1. The highest BCUT2D eigenvalue weighted by atomic mass is 19.1. The van der Waals surface area contributed by atoms with E-state index in [1.165, 1.54) is 6.07 Å². The van der Waals surface area contributed by atoms with E-state index in [-0.39, 0.29) is 5.82 Å². The molecule has 0 spiro atoms. The van der Waals surface area contributed by atoms with Gasteiger partial charge in [-0.1, -0.05) is 54.6 Å². The molecule has 0 fully saturated rings. The van der Waals surface area contributed by atoms with Crippen molar-refractivity contribution >= 4 is 21.9 Å². The van der Waals surface area contributed by atoms with Gasteiger partial charge in [-0.05, 0) is 53.1 Å². The summed E-state index contributed by atoms with van der Waals surface area (Å²) in [6.45, 7) is 0. The number of rotatable bonds is 3. The summed E-state index contributed by atoms with van der Waals surface area (Å²) < 4.78 is 23.5.